The number of aliphatic hydroxyl groups excluding tert-OH is 1. The van der Waals surface area contributed by atoms with Crippen molar-refractivity contribution in [3.05, 3.63) is 0 Å². The summed E-state index contributed by atoms with van der Waals surface area (Å²) in [7, 11) is 0. The molecule has 0 aromatic rings. The highest BCUT2D eigenvalue weighted by Gasteiger charge is 2.30. The van der Waals surface area contributed by atoms with E-state index in [1.54, 1.807) is 4.90 Å². The normalized spacial score (nSPS) is 20.6. The Morgan fingerprint density at radius 1 is 1.29 bits per heavy atom. The number of aliphatic hydroxyl groups is 1. The number of amides is 1. The molecule has 1 rings (SSSR count). The monoisotopic (exact) mass is 301 g/mol. The van der Waals surface area contributed by atoms with Crippen molar-refractivity contribution in [3.8, 4) is 0 Å². The third-order valence-corrected chi connectivity index (χ3v) is 3.63. The minimum Gasteiger partial charge on any atom is -0.444 e. The van der Waals surface area contributed by atoms with E-state index < -0.39 is 5.60 Å². The van der Waals surface area contributed by atoms with Crippen LogP contribution >= 0.6 is 0 Å². The minimum absolute atomic E-state index is 0.195. The summed E-state index contributed by atoms with van der Waals surface area (Å²) >= 11 is 0. The van der Waals surface area contributed by atoms with Crippen molar-refractivity contribution in [3.63, 3.8) is 0 Å². The lowest BCUT2D eigenvalue weighted by molar-refractivity contribution is 0.00454. The van der Waals surface area contributed by atoms with Crippen LogP contribution in [-0.2, 0) is 4.74 Å². The van der Waals surface area contributed by atoms with Crippen molar-refractivity contribution >= 4 is 6.09 Å². The summed E-state index contributed by atoms with van der Waals surface area (Å²) in [5, 5.41) is 8.80. The van der Waals surface area contributed by atoms with Gasteiger partial charge < -0.3 is 20.5 Å². The van der Waals surface area contributed by atoms with Crippen LogP contribution in [0.25, 0.3) is 0 Å². The Bertz CT molecular complexity index is 318. The molecule has 1 unspecified atom stereocenters. The molecule has 1 atom stereocenters. The van der Waals surface area contributed by atoms with E-state index in [0.29, 0.717) is 19.6 Å². The zero-order valence-corrected chi connectivity index (χ0v) is 13.7. The van der Waals surface area contributed by atoms with Crippen LogP contribution in [0.4, 0.5) is 4.79 Å². The second-order valence-electron chi connectivity index (χ2n) is 6.64. The Morgan fingerprint density at radius 2 is 2.00 bits per heavy atom. The molecular weight excluding hydrogens is 270 g/mol. The Labute approximate surface area is 128 Å². The topological polar surface area (TPSA) is 79.0 Å². The molecule has 0 aromatic carbocycles. The van der Waals surface area contributed by atoms with Crippen molar-refractivity contribution in [1.82, 2.24) is 9.80 Å². The summed E-state index contributed by atoms with van der Waals surface area (Å²) < 4.78 is 5.42. The number of hydrogen-bond acceptors (Lipinski definition) is 5. The second kappa shape index (κ2) is 8.56. The van der Waals surface area contributed by atoms with E-state index in [1.165, 1.54) is 0 Å². The summed E-state index contributed by atoms with van der Waals surface area (Å²) in [5.74, 6) is 0. The van der Waals surface area contributed by atoms with Gasteiger partial charge in [-0.05, 0) is 46.6 Å². The van der Waals surface area contributed by atoms with Crippen molar-refractivity contribution in [2.45, 2.75) is 51.7 Å². The molecule has 0 aliphatic carbocycles. The number of ether oxygens (including phenoxy) is 1. The van der Waals surface area contributed by atoms with Crippen LogP contribution in [0.1, 0.15) is 40.0 Å². The number of hydrogen-bond donors (Lipinski definition) is 2. The number of piperazine rings is 1. The smallest absolute Gasteiger partial charge is 0.410 e. The van der Waals surface area contributed by atoms with Gasteiger partial charge in [-0.15, -0.1) is 0 Å². The van der Waals surface area contributed by atoms with Crippen molar-refractivity contribution in [1.29, 1.82) is 0 Å². The van der Waals surface area contributed by atoms with E-state index in [9.17, 15) is 4.79 Å². The number of carbonyl (C=O) groups excluding carboxylic acids is 1. The lowest BCUT2D eigenvalue weighted by atomic mass is 10.1. The van der Waals surface area contributed by atoms with Gasteiger partial charge in [0, 0.05) is 38.8 Å². The maximum atomic E-state index is 12.1. The zero-order chi connectivity index (χ0) is 15.9. The molecule has 1 heterocycles. The Hall–Kier alpha value is -0.850. The maximum Gasteiger partial charge on any atom is 0.410 e. The van der Waals surface area contributed by atoms with Gasteiger partial charge in [0.05, 0.1) is 0 Å². The molecule has 0 bridgehead atoms. The summed E-state index contributed by atoms with van der Waals surface area (Å²) in [4.78, 5) is 16.2. The Balaban J connectivity index is 2.43. The summed E-state index contributed by atoms with van der Waals surface area (Å²) in [6.07, 6.45) is 2.69. The predicted octanol–water partition coefficient (Wildman–Crippen LogP) is 1.03. The third kappa shape index (κ3) is 6.63. The molecular formula is C15H31N3O3. The molecule has 1 amide bonds. The van der Waals surface area contributed by atoms with Crippen LogP contribution < -0.4 is 5.73 Å². The van der Waals surface area contributed by atoms with E-state index in [2.05, 4.69) is 4.90 Å². The maximum absolute atomic E-state index is 12.1. The molecule has 0 spiro atoms. The molecule has 1 fully saturated rings. The Morgan fingerprint density at radius 3 is 2.57 bits per heavy atom. The fraction of sp³-hybridized carbons (Fsp3) is 0.933. The molecule has 1 aliphatic rings. The third-order valence-electron chi connectivity index (χ3n) is 3.63. The van der Waals surface area contributed by atoms with Gasteiger partial charge in [0.15, 0.2) is 0 Å². The molecule has 0 aromatic heterocycles. The summed E-state index contributed by atoms with van der Waals surface area (Å²) in [5.41, 5.74) is 5.39. The Kier molecular flexibility index (Phi) is 7.42. The van der Waals surface area contributed by atoms with Gasteiger partial charge in [0.25, 0.3) is 0 Å². The first-order valence-electron chi connectivity index (χ1n) is 7.90. The van der Waals surface area contributed by atoms with E-state index in [4.69, 9.17) is 15.6 Å². The number of nitrogens with two attached hydrogens (primary N) is 1. The summed E-state index contributed by atoms with van der Waals surface area (Å²) in [6, 6.07) is 0.195. The highest BCUT2D eigenvalue weighted by molar-refractivity contribution is 5.68. The highest BCUT2D eigenvalue weighted by Crippen LogP contribution is 2.15. The lowest BCUT2D eigenvalue weighted by Gasteiger charge is -2.41. The molecule has 124 valence electrons. The summed E-state index contributed by atoms with van der Waals surface area (Å²) in [6.45, 7) is 9.56. The quantitative estimate of drug-likeness (QED) is 0.716. The molecule has 3 N–H and O–H groups in total. The van der Waals surface area contributed by atoms with Gasteiger partial charge in [-0.3, -0.25) is 4.90 Å². The molecule has 1 aliphatic heterocycles. The average Bonchev–Trinajstić information content (AvgIpc) is 2.41. The molecule has 6 heteroatoms. The van der Waals surface area contributed by atoms with E-state index in [-0.39, 0.29) is 18.7 Å². The van der Waals surface area contributed by atoms with Gasteiger partial charge in [-0.1, -0.05) is 0 Å². The van der Waals surface area contributed by atoms with Crippen LogP contribution in [0.15, 0.2) is 0 Å². The molecule has 0 saturated carbocycles. The fourth-order valence-electron chi connectivity index (χ4n) is 2.51. The first-order chi connectivity index (χ1) is 9.87. The second-order valence-corrected chi connectivity index (χ2v) is 6.64. The van der Waals surface area contributed by atoms with Crippen molar-refractivity contribution in [2.75, 3.05) is 39.3 Å². The number of rotatable bonds is 6. The average molecular weight is 301 g/mol. The lowest BCUT2D eigenvalue weighted by Crippen LogP contribution is -2.57. The first-order valence-corrected chi connectivity index (χ1v) is 7.90. The van der Waals surface area contributed by atoms with Crippen LogP contribution in [0.2, 0.25) is 0 Å². The molecule has 21 heavy (non-hydrogen) atoms. The number of unbranched alkanes of at least 4 members (excludes halogenated alkanes) is 2. The minimum atomic E-state index is -0.462. The van der Waals surface area contributed by atoms with E-state index >= 15 is 0 Å². The first kappa shape index (κ1) is 18.2. The van der Waals surface area contributed by atoms with Gasteiger partial charge in [-0.25, -0.2) is 4.79 Å². The van der Waals surface area contributed by atoms with Crippen LogP contribution in [0.5, 0.6) is 0 Å². The predicted molar refractivity (Wildman–Crippen MR) is 83.2 cm³/mol. The van der Waals surface area contributed by atoms with Crippen LogP contribution in [0.3, 0.4) is 0 Å². The number of carbonyl (C=O) groups is 1. The molecule has 6 nitrogen and oxygen atoms in total. The SMILES string of the molecule is CC(C)(C)OC(=O)N1CCN(CCCCCO)C(CN)C1. The molecule has 1 saturated heterocycles. The van der Waals surface area contributed by atoms with E-state index in [0.717, 1.165) is 32.4 Å². The van der Waals surface area contributed by atoms with Gasteiger partial charge >= 0.3 is 6.09 Å². The standard InChI is InChI=1S/C15H31N3O3/c1-15(2,3)21-14(20)18-9-8-17(13(11-16)12-18)7-5-4-6-10-19/h13,19H,4-12,16H2,1-3H3. The zero-order valence-electron chi connectivity index (χ0n) is 13.7. The van der Waals surface area contributed by atoms with Gasteiger partial charge in [-0.2, -0.15) is 0 Å². The fourth-order valence-corrected chi connectivity index (χ4v) is 2.51. The van der Waals surface area contributed by atoms with Gasteiger partial charge in [0.1, 0.15) is 5.60 Å². The van der Waals surface area contributed by atoms with Crippen molar-refractivity contribution in [2.24, 2.45) is 5.73 Å². The number of nitrogens with zero attached hydrogens (tertiary/aromatic N) is 2. The van der Waals surface area contributed by atoms with Gasteiger partial charge in [0.2, 0.25) is 0 Å². The van der Waals surface area contributed by atoms with Crippen molar-refractivity contribution < 1.29 is 14.6 Å². The van der Waals surface area contributed by atoms with E-state index in [1.807, 2.05) is 20.8 Å². The largest absolute Gasteiger partial charge is 0.444 e. The highest BCUT2D eigenvalue weighted by atomic mass is 16.6. The van der Waals surface area contributed by atoms with Crippen LogP contribution in [0, 0.1) is 0 Å². The molecule has 0 radical (unpaired) electrons. The van der Waals surface area contributed by atoms with Crippen LogP contribution in [-0.4, -0.2) is 72.0 Å².